The first-order valence-electron chi connectivity index (χ1n) is 5.65. The first-order valence-corrected chi connectivity index (χ1v) is 5.65. The Morgan fingerprint density at radius 2 is 2.08 bits per heavy atom. The molecule has 0 saturated heterocycles. The van der Waals surface area contributed by atoms with Crippen LogP contribution in [0.5, 0.6) is 0 Å². The van der Waals surface area contributed by atoms with Gasteiger partial charge in [-0.2, -0.15) is 5.06 Å². The van der Waals surface area contributed by atoms with Crippen LogP contribution in [0, 0.1) is 5.92 Å². The Kier molecular flexibility index (Phi) is 4.74. The summed E-state index contributed by atoms with van der Waals surface area (Å²) >= 11 is 0. The first kappa shape index (κ1) is 11.0. The lowest BCUT2D eigenvalue weighted by Gasteiger charge is -2.15. The van der Waals surface area contributed by atoms with E-state index in [2.05, 4.69) is 26.0 Å². The fourth-order valence-electron chi connectivity index (χ4n) is 1.78. The van der Waals surface area contributed by atoms with E-state index in [1.54, 1.807) is 0 Å². The molecule has 1 fully saturated rings. The van der Waals surface area contributed by atoms with Gasteiger partial charge in [-0.1, -0.05) is 26.7 Å². The standard InChI is InChI=1S/C11H23NO/c1-4-6-7-10-9-11(10)12(3)13-8-5-2/h10-11H,4-9H2,1-3H3. The van der Waals surface area contributed by atoms with Crippen LogP contribution in [-0.4, -0.2) is 24.8 Å². The summed E-state index contributed by atoms with van der Waals surface area (Å²) in [5.41, 5.74) is 0. The molecule has 1 saturated carbocycles. The van der Waals surface area contributed by atoms with Crippen molar-refractivity contribution in [3.63, 3.8) is 0 Å². The molecule has 0 N–H and O–H groups in total. The van der Waals surface area contributed by atoms with Crippen LogP contribution in [0.1, 0.15) is 46.0 Å². The smallest absolute Gasteiger partial charge is 0.0682 e. The Hall–Kier alpha value is -0.0800. The molecule has 13 heavy (non-hydrogen) atoms. The Morgan fingerprint density at radius 1 is 1.31 bits per heavy atom. The van der Waals surface area contributed by atoms with Crippen LogP contribution in [0.2, 0.25) is 0 Å². The van der Waals surface area contributed by atoms with Gasteiger partial charge in [0, 0.05) is 13.1 Å². The Bertz CT molecular complexity index is 138. The third kappa shape index (κ3) is 3.65. The van der Waals surface area contributed by atoms with E-state index >= 15 is 0 Å². The van der Waals surface area contributed by atoms with Crippen LogP contribution >= 0.6 is 0 Å². The molecule has 78 valence electrons. The van der Waals surface area contributed by atoms with Gasteiger partial charge in [-0.15, -0.1) is 0 Å². The molecule has 1 aliphatic carbocycles. The van der Waals surface area contributed by atoms with E-state index in [4.69, 9.17) is 4.84 Å². The second kappa shape index (κ2) is 5.61. The van der Waals surface area contributed by atoms with Crippen LogP contribution in [0.15, 0.2) is 0 Å². The van der Waals surface area contributed by atoms with Gasteiger partial charge in [0.1, 0.15) is 0 Å². The van der Waals surface area contributed by atoms with Gasteiger partial charge in [-0.05, 0) is 25.2 Å². The van der Waals surface area contributed by atoms with Gasteiger partial charge in [0.25, 0.3) is 0 Å². The molecule has 0 spiro atoms. The molecule has 2 unspecified atom stereocenters. The van der Waals surface area contributed by atoms with E-state index in [1.807, 2.05) is 0 Å². The summed E-state index contributed by atoms with van der Waals surface area (Å²) in [6.07, 6.45) is 6.55. The highest BCUT2D eigenvalue weighted by atomic mass is 16.7. The molecule has 0 aromatic heterocycles. The minimum Gasteiger partial charge on any atom is -0.299 e. The van der Waals surface area contributed by atoms with Gasteiger partial charge in [-0.25, -0.2) is 0 Å². The van der Waals surface area contributed by atoms with Gasteiger partial charge in [0.15, 0.2) is 0 Å². The Balaban J connectivity index is 2.03. The average Bonchev–Trinajstić information content (AvgIpc) is 2.90. The lowest BCUT2D eigenvalue weighted by molar-refractivity contribution is -0.149. The van der Waals surface area contributed by atoms with Crippen molar-refractivity contribution in [2.75, 3.05) is 13.7 Å². The maximum absolute atomic E-state index is 5.56. The summed E-state index contributed by atoms with van der Waals surface area (Å²) in [6, 6.07) is 0.720. The van der Waals surface area contributed by atoms with Crippen molar-refractivity contribution in [1.29, 1.82) is 0 Å². The van der Waals surface area contributed by atoms with Crippen molar-refractivity contribution < 1.29 is 4.84 Å². The van der Waals surface area contributed by atoms with Crippen LogP contribution in [-0.2, 0) is 4.84 Å². The molecular weight excluding hydrogens is 162 g/mol. The monoisotopic (exact) mass is 185 g/mol. The highest BCUT2D eigenvalue weighted by molar-refractivity contribution is 4.91. The van der Waals surface area contributed by atoms with E-state index < -0.39 is 0 Å². The predicted molar refractivity (Wildman–Crippen MR) is 55.4 cm³/mol. The topological polar surface area (TPSA) is 12.5 Å². The molecule has 0 amide bonds. The van der Waals surface area contributed by atoms with Crippen molar-refractivity contribution in [1.82, 2.24) is 5.06 Å². The van der Waals surface area contributed by atoms with Crippen LogP contribution < -0.4 is 0 Å². The fourth-order valence-corrected chi connectivity index (χ4v) is 1.78. The normalized spacial score (nSPS) is 26.8. The van der Waals surface area contributed by atoms with Gasteiger partial charge in [0.2, 0.25) is 0 Å². The third-order valence-corrected chi connectivity index (χ3v) is 2.78. The molecule has 0 aromatic carbocycles. The second-order valence-electron chi connectivity index (χ2n) is 4.08. The zero-order valence-electron chi connectivity index (χ0n) is 9.25. The highest BCUT2D eigenvalue weighted by Crippen LogP contribution is 2.38. The van der Waals surface area contributed by atoms with Crippen molar-refractivity contribution >= 4 is 0 Å². The van der Waals surface area contributed by atoms with E-state index in [-0.39, 0.29) is 0 Å². The minimum atomic E-state index is 0.720. The largest absolute Gasteiger partial charge is 0.299 e. The Labute approximate surface area is 82.2 Å². The molecule has 0 bridgehead atoms. The van der Waals surface area contributed by atoms with Gasteiger partial charge >= 0.3 is 0 Å². The summed E-state index contributed by atoms with van der Waals surface area (Å²) in [4.78, 5) is 5.56. The van der Waals surface area contributed by atoms with E-state index in [9.17, 15) is 0 Å². The van der Waals surface area contributed by atoms with E-state index in [0.717, 1.165) is 25.0 Å². The molecule has 0 aliphatic heterocycles. The Morgan fingerprint density at radius 3 is 2.69 bits per heavy atom. The quantitative estimate of drug-likeness (QED) is 0.565. The zero-order chi connectivity index (χ0) is 9.68. The SMILES string of the molecule is CCCCC1CC1N(C)OCCC. The van der Waals surface area contributed by atoms with Gasteiger partial charge < -0.3 is 0 Å². The first-order chi connectivity index (χ1) is 6.29. The summed E-state index contributed by atoms with van der Waals surface area (Å²) < 4.78 is 0. The molecule has 0 aromatic rings. The highest BCUT2D eigenvalue weighted by Gasteiger charge is 2.39. The summed E-state index contributed by atoms with van der Waals surface area (Å²) in [5, 5.41) is 2.07. The van der Waals surface area contributed by atoms with Crippen LogP contribution in [0.3, 0.4) is 0 Å². The van der Waals surface area contributed by atoms with Crippen molar-refractivity contribution in [3.05, 3.63) is 0 Å². The second-order valence-corrected chi connectivity index (χ2v) is 4.08. The molecule has 2 atom stereocenters. The van der Waals surface area contributed by atoms with Crippen LogP contribution in [0.25, 0.3) is 0 Å². The number of hydrogen-bond acceptors (Lipinski definition) is 2. The molecule has 1 aliphatic rings. The maximum atomic E-state index is 5.56. The van der Waals surface area contributed by atoms with Crippen molar-refractivity contribution in [2.45, 2.75) is 52.0 Å². The molecule has 0 heterocycles. The summed E-state index contributed by atoms with van der Waals surface area (Å²) in [7, 11) is 2.08. The molecule has 2 heteroatoms. The molecule has 0 radical (unpaired) electrons. The number of nitrogens with zero attached hydrogens (tertiary/aromatic N) is 1. The number of hydroxylamine groups is 2. The number of hydrogen-bond donors (Lipinski definition) is 0. The molecule has 1 rings (SSSR count). The summed E-state index contributed by atoms with van der Waals surface area (Å²) in [5.74, 6) is 0.918. The number of unbranched alkanes of at least 4 members (excludes halogenated alkanes) is 1. The van der Waals surface area contributed by atoms with Gasteiger partial charge in [-0.3, -0.25) is 4.84 Å². The number of rotatable bonds is 7. The van der Waals surface area contributed by atoms with Crippen molar-refractivity contribution in [3.8, 4) is 0 Å². The maximum Gasteiger partial charge on any atom is 0.0682 e. The van der Waals surface area contributed by atoms with Crippen LogP contribution in [0.4, 0.5) is 0 Å². The predicted octanol–water partition coefficient (Wildman–Crippen LogP) is 2.84. The lowest BCUT2D eigenvalue weighted by atomic mass is 10.2. The molecular formula is C11H23NO. The summed E-state index contributed by atoms with van der Waals surface area (Å²) in [6.45, 7) is 5.28. The van der Waals surface area contributed by atoms with Gasteiger partial charge in [0.05, 0.1) is 6.61 Å². The average molecular weight is 185 g/mol. The molecule has 2 nitrogen and oxygen atoms in total. The lowest BCUT2D eigenvalue weighted by Crippen LogP contribution is -2.23. The van der Waals surface area contributed by atoms with E-state index in [0.29, 0.717) is 0 Å². The third-order valence-electron chi connectivity index (χ3n) is 2.78. The zero-order valence-corrected chi connectivity index (χ0v) is 9.25. The van der Waals surface area contributed by atoms with Crippen molar-refractivity contribution in [2.24, 2.45) is 5.92 Å². The minimum absolute atomic E-state index is 0.720. The fraction of sp³-hybridized carbons (Fsp3) is 1.00. The van der Waals surface area contributed by atoms with E-state index in [1.165, 1.54) is 25.7 Å².